The molecule has 2 nitrogen and oxygen atoms in total. The number of nitrogens with one attached hydrogen (secondary N) is 1. The van der Waals surface area contributed by atoms with Gasteiger partial charge in [0.15, 0.2) is 0 Å². The average molecular weight is 356 g/mol. The summed E-state index contributed by atoms with van der Waals surface area (Å²) in [5.41, 5.74) is 3.49. The van der Waals surface area contributed by atoms with Gasteiger partial charge in [-0.2, -0.15) is 0 Å². The predicted octanol–water partition coefficient (Wildman–Crippen LogP) is 4.63. The molecule has 0 radical (unpaired) electrons. The van der Waals surface area contributed by atoms with Crippen molar-refractivity contribution in [3.8, 4) is 0 Å². The molecule has 0 spiro atoms. The standard InChI is InChI=1S/C22H26ClNO/c23-21-11-9-19(10-12-21)15-22(25)14-18-6-3-17(4-7-18)5-8-20-2-1-13-24-16-20/h3-4,6-7,9-12,20,24H,1-2,5,8,13-16H2. The summed E-state index contributed by atoms with van der Waals surface area (Å²) in [5.74, 6) is 1.05. The van der Waals surface area contributed by atoms with Gasteiger partial charge in [0, 0.05) is 17.9 Å². The summed E-state index contributed by atoms with van der Waals surface area (Å²) in [6.07, 6.45) is 6.00. The van der Waals surface area contributed by atoms with E-state index in [1.54, 1.807) is 0 Å². The van der Waals surface area contributed by atoms with Gasteiger partial charge in [0.2, 0.25) is 0 Å². The predicted molar refractivity (Wildman–Crippen MR) is 104 cm³/mol. The Labute approximate surface area is 155 Å². The van der Waals surface area contributed by atoms with E-state index in [4.69, 9.17) is 11.6 Å². The number of ketones is 1. The molecule has 25 heavy (non-hydrogen) atoms. The molecule has 0 aromatic heterocycles. The zero-order valence-electron chi connectivity index (χ0n) is 14.6. The minimum Gasteiger partial charge on any atom is -0.316 e. The highest BCUT2D eigenvalue weighted by Gasteiger charge is 2.12. The van der Waals surface area contributed by atoms with Crippen LogP contribution in [0.25, 0.3) is 0 Å². The summed E-state index contributed by atoms with van der Waals surface area (Å²) in [6, 6.07) is 16.1. The normalized spacial score (nSPS) is 17.4. The Hall–Kier alpha value is -1.64. The molecular formula is C22H26ClNO. The van der Waals surface area contributed by atoms with Crippen molar-refractivity contribution in [1.82, 2.24) is 5.32 Å². The minimum absolute atomic E-state index is 0.239. The quantitative estimate of drug-likeness (QED) is 0.784. The van der Waals surface area contributed by atoms with Gasteiger partial charge in [-0.1, -0.05) is 48.0 Å². The van der Waals surface area contributed by atoms with Crippen LogP contribution in [0.4, 0.5) is 0 Å². The van der Waals surface area contributed by atoms with E-state index in [1.807, 2.05) is 24.3 Å². The Balaban J connectivity index is 1.46. The summed E-state index contributed by atoms with van der Waals surface area (Å²) >= 11 is 5.88. The molecule has 2 aromatic carbocycles. The van der Waals surface area contributed by atoms with Crippen LogP contribution in [-0.2, 0) is 24.1 Å². The fourth-order valence-electron chi connectivity index (χ4n) is 3.49. The van der Waals surface area contributed by atoms with E-state index < -0.39 is 0 Å². The van der Waals surface area contributed by atoms with Crippen LogP contribution < -0.4 is 5.32 Å². The molecule has 1 unspecified atom stereocenters. The number of hydrogen-bond donors (Lipinski definition) is 1. The van der Waals surface area contributed by atoms with E-state index in [-0.39, 0.29) is 5.78 Å². The van der Waals surface area contributed by atoms with Crippen molar-refractivity contribution < 1.29 is 4.79 Å². The lowest BCUT2D eigenvalue weighted by atomic mass is 9.92. The SMILES string of the molecule is O=C(Cc1ccc(Cl)cc1)Cc1ccc(CCC2CCCNC2)cc1. The molecule has 1 saturated heterocycles. The van der Waals surface area contributed by atoms with Crippen LogP contribution in [0.2, 0.25) is 5.02 Å². The Bertz CT molecular complexity index is 672. The Kier molecular flexibility index (Phi) is 6.66. The van der Waals surface area contributed by atoms with Gasteiger partial charge in [-0.15, -0.1) is 0 Å². The van der Waals surface area contributed by atoms with Crippen molar-refractivity contribution in [1.29, 1.82) is 0 Å². The first-order valence-electron chi connectivity index (χ1n) is 9.24. The van der Waals surface area contributed by atoms with E-state index in [0.29, 0.717) is 17.9 Å². The highest BCUT2D eigenvalue weighted by Crippen LogP contribution is 2.18. The fourth-order valence-corrected chi connectivity index (χ4v) is 3.61. The van der Waals surface area contributed by atoms with Crippen molar-refractivity contribution in [3.63, 3.8) is 0 Å². The van der Waals surface area contributed by atoms with Gasteiger partial charge in [-0.3, -0.25) is 4.79 Å². The van der Waals surface area contributed by atoms with Crippen LogP contribution in [0.1, 0.15) is 36.0 Å². The maximum absolute atomic E-state index is 12.2. The second-order valence-corrected chi connectivity index (χ2v) is 7.52. The average Bonchev–Trinajstić information content (AvgIpc) is 2.64. The molecule has 0 amide bonds. The van der Waals surface area contributed by atoms with E-state index in [0.717, 1.165) is 30.0 Å². The molecule has 3 rings (SSSR count). The fraction of sp³-hybridized carbons (Fsp3) is 0.409. The number of aryl methyl sites for hydroxylation is 1. The van der Waals surface area contributed by atoms with Crippen molar-refractivity contribution in [2.45, 2.75) is 38.5 Å². The minimum atomic E-state index is 0.239. The number of halogens is 1. The molecule has 2 aromatic rings. The lowest BCUT2D eigenvalue weighted by Gasteiger charge is -2.22. The Morgan fingerprint density at radius 1 is 0.960 bits per heavy atom. The zero-order valence-corrected chi connectivity index (χ0v) is 15.4. The first-order chi connectivity index (χ1) is 12.2. The topological polar surface area (TPSA) is 29.1 Å². The molecule has 0 bridgehead atoms. The molecule has 1 atom stereocenters. The second-order valence-electron chi connectivity index (χ2n) is 7.09. The maximum atomic E-state index is 12.2. The molecule has 1 aliphatic heterocycles. The lowest BCUT2D eigenvalue weighted by Crippen LogP contribution is -2.29. The first kappa shape index (κ1) is 18.2. The summed E-state index contributed by atoms with van der Waals surface area (Å²) in [7, 11) is 0. The Morgan fingerprint density at radius 2 is 1.56 bits per heavy atom. The molecule has 1 fully saturated rings. The number of rotatable bonds is 7. The van der Waals surface area contributed by atoms with Gasteiger partial charge in [0.05, 0.1) is 0 Å². The number of hydrogen-bond acceptors (Lipinski definition) is 2. The molecule has 1 N–H and O–H groups in total. The summed E-state index contributed by atoms with van der Waals surface area (Å²) in [5, 5.41) is 4.18. The van der Waals surface area contributed by atoms with Gasteiger partial charge in [-0.05, 0) is 73.5 Å². The van der Waals surface area contributed by atoms with Gasteiger partial charge in [0.25, 0.3) is 0 Å². The third-order valence-electron chi connectivity index (χ3n) is 4.98. The third-order valence-corrected chi connectivity index (χ3v) is 5.23. The monoisotopic (exact) mass is 355 g/mol. The number of piperidine rings is 1. The molecule has 3 heteroatoms. The van der Waals surface area contributed by atoms with Gasteiger partial charge in [-0.25, -0.2) is 0 Å². The molecule has 132 valence electrons. The second kappa shape index (κ2) is 9.17. The highest BCUT2D eigenvalue weighted by molar-refractivity contribution is 6.30. The van der Waals surface area contributed by atoms with E-state index in [2.05, 4.69) is 29.6 Å². The maximum Gasteiger partial charge on any atom is 0.141 e. The van der Waals surface area contributed by atoms with Crippen molar-refractivity contribution in [2.24, 2.45) is 5.92 Å². The van der Waals surface area contributed by atoms with Crippen molar-refractivity contribution in [3.05, 3.63) is 70.2 Å². The van der Waals surface area contributed by atoms with Crippen molar-refractivity contribution >= 4 is 17.4 Å². The number of carbonyl (C=O) groups is 1. The van der Waals surface area contributed by atoms with Crippen LogP contribution in [0.15, 0.2) is 48.5 Å². The first-order valence-corrected chi connectivity index (χ1v) is 9.61. The molecule has 0 saturated carbocycles. The number of Topliss-reactive ketones (excluding diaryl/α,β-unsaturated/α-hetero) is 1. The van der Waals surface area contributed by atoms with Gasteiger partial charge < -0.3 is 5.32 Å². The largest absolute Gasteiger partial charge is 0.316 e. The third kappa shape index (κ3) is 5.98. The zero-order chi connectivity index (χ0) is 17.5. The van der Waals surface area contributed by atoms with Gasteiger partial charge in [0.1, 0.15) is 5.78 Å². The van der Waals surface area contributed by atoms with Crippen molar-refractivity contribution in [2.75, 3.05) is 13.1 Å². The van der Waals surface area contributed by atoms with E-state index >= 15 is 0 Å². The molecule has 0 aliphatic carbocycles. The Morgan fingerprint density at radius 3 is 2.16 bits per heavy atom. The molecule has 1 aliphatic rings. The lowest BCUT2D eigenvalue weighted by molar-refractivity contribution is -0.117. The highest BCUT2D eigenvalue weighted by atomic mass is 35.5. The van der Waals surface area contributed by atoms with Gasteiger partial charge >= 0.3 is 0 Å². The number of benzene rings is 2. The van der Waals surface area contributed by atoms with E-state index in [1.165, 1.54) is 31.4 Å². The number of carbonyl (C=O) groups excluding carboxylic acids is 1. The van der Waals surface area contributed by atoms with Crippen LogP contribution in [0.5, 0.6) is 0 Å². The smallest absolute Gasteiger partial charge is 0.141 e. The van der Waals surface area contributed by atoms with E-state index in [9.17, 15) is 4.79 Å². The molecule has 1 heterocycles. The van der Waals surface area contributed by atoms with Crippen LogP contribution in [0, 0.1) is 5.92 Å². The van der Waals surface area contributed by atoms with Crippen LogP contribution in [-0.4, -0.2) is 18.9 Å². The summed E-state index contributed by atoms with van der Waals surface area (Å²) < 4.78 is 0. The summed E-state index contributed by atoms with van der Waals surface area (Å²) in [4.78, 5) is 12.2. The summed E-state index contributed by atoms with van der Waals surface area (Å²) in [6.45, 7) is 2.34. The molecular weight excluding hydrogens is 330 g/mol. The van der Waals surface area contributed by atoms with Crippen LogP contribution in [0.3, 0.4) is 0 Å². The van der Waals surface area contributed by atoms with Crippen LogP contribution >= 0.6 is 11.6 Å².